The fraction of sp³-hybridized carbons (Fsp3) is 0.650. The van der Waals surface area contributed by atoms with E-state index in [-0.39, 0.29) is 5.41 Å². The molecule has 2 aliphatic rings. The molecule has 0 amide bonds. The van der Waals surface area contributed by atoms with E-state index in [4.69, 9.17) is 4.42 Å². The molecule has 1 aromatic heterocycles. The quantitative estimate of drug-likeness (QED) is 0.775. The zero-order chi connectivity index (χ0) is 16.7. The fourth-order valence-corrected chi connectivity index (χ4v) is 4.76. The van der Waals surface area contributed by atoms with Crippen molar-refractivity contribution in [2.24, 2.45) is 16.7 Å². The van der Waals surface area contributed by atoms with Crippen LogP contribution < -0.4 is 0 Å². The van der Waals surface area contributed by atoms with Crippen LogP contribution in [0, 0.1) is 16.7 Å². The summed E-state index contributed by atoms with van der Waals surface area (Å²) >= 11 is 0. The Hall–Kier alpha value is -1.51. The zero-order valence-corrected chi connectivity index (χ0v) is 14.5. The lowest BCUT2D eigenvalue weighted by atomic mass is 9.55. The first-order valence-electron chi connectivity index (χ1n) is 8.85. The summed E-state index contributed by atoms with van der Waals surface area (Å²) in [5.41, 5.74) is 3.40. The molecule has 1 N–H and O–H groups in total. The Labute approximate surface area is 138 Å². The van der Waals surface area contributed by atoms with E-state index in [0.29, 0.717) is 5.92 Å². The number of aliphatic carboxylic acids is 1. The van der Waals surface area contributed by atoms with Crippen LogP contribution in [0.25, 0.3) is 0 Å². The average molecular weight is 316 g/mol. The van der Waals surface area contributed by atoms with Crippen molar-refractivity contribution < 1.29 is 14.3 Å². The maximum Gasteiger partial charge on any atom is 0.313 e. The number of hydrogen-bond donors (Lipinski definition) is 1. The van der Waals surface area contributed by atoms with Crippen LogP contribution in [0.3, 0.4) is 0 Å². The summed E-state index contributed by atoms with van der Waals surface area (Å²) in [7, 11) is 0. The van der Waals surface area contributed by atoms with E-state index in [9.17, 15) is 9.90 Å². The van der Waals surface area contributed by atoms with Gasteiger partial charge in [-0.3, -0.25) is 4.79 Å². The molecule has 0 saturated heterocycles. The molecule has 0 bridgehead atoms. The largest absolute Gasteiger partial charge is 0.481 e. The molecule has 0 aromatic carbocycles. The van der Waals surface area contributed by atoms with Gasteiger partial charge in [0.15, 0.2) is 0 Å². The van der Waals surface area contributed by atoms with E-state index >= 15 is 0 Å². The molecule has 0 aliphatic heterocycles. The third kappa shape index (κ3) is 2.64. The molecule has 1 heterocycles. The summed E-state index contributed by atoms with van der Waals surface area (Å²) in [5, 5.41) is 9.81. The topological polar surface area (TPSA) is 50.4 Å². The summed E-state index contributed by atoms with van der Waals surface area (Å²) in [4.78, 5) is 11.9. The highest BCUT2D eigenvalue weighted by atomic mass is 16.4. The lowest BCUT2D eigenvalue weighted by Crippen LogP contribution is -2.41. The van der Waals surface area contributed by atoms with Crippen molar-refractivity contribution in [2.75, 3.05) is 0 Å². The summed E-state index contributed by atoms with van der Waals surface area (Å²) in [5.74, 6) is -0.0410. The van der Waals surface area contributed by atoms with Crippen molar-refractivity contribution in [3.63, 3.8) is 0 Å². The number of furan rings is 1. The molecule has 0 saturated carbocycles. The van der Waals surface area contributed by atoms with Crippen molar-refractivity contribution in [1.82, 2.24) is 0 Å². The average Bonchev–Trinajstić information content (AvgIpc) is 3.03. The number of carbonyl (C=O) groups is 1. The number of allylic oxidation sites excluding steroid dienone is 1. The molecule has 2 aliphatic carbocycles. The summed E-state index contributed by atoms with van der Waals surface area (Å²) in [6.07, 6.45) is 10.5. The Morgan fingerprint density at radius 1 is 1.35 bits per heavy atom. The molecule has 126 valence electrons. The highest BCUT2D eigenvalue weighted by Gasteiger charge is 2.48. The van der Waals surface area contributed by atoms with E-state index in [1.807, 2.05) is 19.3 Å². The second-order valence-electron chi connectivity index (χ2n) is 7.94. The van der Waals surface area contributed by atoms with Gasteiger partial charge in [0.25, 0.3) is 0 Å². The molecular formula is C20H28O3. The van der Waals surface area contributed by atoms with Gasteiger partial charge in [-0.05, 0) is 74.8 Å². The van der Waals surface area contributed by atoms with Crippen LogP contribution in [-0.2, 0) is 11.2 Å². The molecule has 1 aromatic rings. The molecule has 3 nitrogen and oxygen atoms in total. The van der Waals surface area contributed by atoms with E-state index in [1.165, 1.54) is 16.7 Å². The van der Waals surface area contributed by atoms with Crippen molar-refractivity contribution in [2.45, 2.75) is 65.7 Å². The van der Waals surface area contributed by atoms with Crippen molar-refractivity contribution in [1.29, 1.82) is 0 Å². The van der Waals surface area contributed by atoms with Gasteiger partial charge >= 0.3 is 5.97 Å². The Kier molecular flexibility index (Phi) is 4.16. The van der Waals surface area contributed by atoms with Crippen LogP contribution in [0.2, 0.25) is 0 Å². The second-order valence-corrected chi connectivity index (χ2v) is 7.94. The molecule has 3 heteroatoms. The lowest BCUT2D eigenvalue weighted by molar-refractivity contribution is -0.146. The fourth-order valence-electron chi connectivity index (χ4n) is 4.76. The normalized spacial score (nSPS) is 34.3. The third-order valence-electron chi connectivity index (χ3n) is 6.72. The van der Waals surface area contributed by atoms with Gasteiger partial charge in [-0.25, -0.2) is 0 Å². The predicted molar refractivity (Wildman–Crippen MR) is 90.2 cm³/mol. The molecule has 0 unspecified atom stereocenters. The highest BCUT2D eigenvalue weighted by Crippen LogP contribution is 2.56. The first-order chi connectivity index (χ1) is 10.9. The van der Waals surface area contributed by atoms with Gasteiger partial charge in [0.2, 0.25) is 0 Å². The lowest BCUT2D eigenvalue weighted by Gasteiger charge is -2.49. The first kappa shape index (κ1) is 16.4. The zero-order valence-electron chi connectivity index (χ0n) is 14.5. The van der Waals surface area contributed by atoms with Crippen LogP contribution in [0.1, 0.15) is 64.9 Å². The van der Waals surface area contributed by atoms with Gasteiger partial charge in [0.05, 0.1) is 17.9 Å². The maximum atomic E-state index is 11.9. The first-order valence-corrected chi connectivity index (χ1v) is 8.85. The Morgan fingerprint density at radius 2 is 2.13 bits per heavy atom. The van der Waals surface area contributed by atoms with Crippen LogP contribution >= 0.6 is 0 Å². The molecule has 0 spiro atoms. The standard InChI is InChI=1S/C20H28O3/c1-14-6-7-17-16(5-4-10-20(17,3)18(21)22)19(14,2)11-8-15-9-12-23-13-15/h9,12-14H,4-8,10-11H2,1-3H3,(H,21,22)/t14-,19-,20+/m0/s1. The maximum absolute atomic E-state index is 11.9. The van der Waals surface area contributed by atoms with Gasteiger partial charge < -0.3 is 9.52 Å². The van der Waals surface area contributed by atoms with E-state index in [0.717, 1.165) is 44.9 Å². The smallest absolute Gasteiger partial charge is 0.313 e. The Balaban J connectivity index is 1.95. The second kappa shape index (κ2) is 5.85. The molecule has 0 fully saturated rings. The monoisotopic (exact) mass is 316 g/mol. The Bertz CT molecular complexity index is 613. The molecule has 3 atom stereocenters. The van der Waals surface area contributed by atoms with Crippen molar-refractivity contribution in [3.05, 3.63) is 35.3 Å². The third-order valence-corrected chi connectivity index (χ3v) is 6.72. The number of aryl methyl sites for hydroxylation is 1. The highest BCUT2D eigenvalue weighted by molar-refractivity contribution is 5.79. The van der Waals surface area contributed by atoms with E-state index < -0.39 is 11.4 Å². The van der Waals surface area contributed by atoms with Gasteiger partial charge in [-0.2, -0.15) is 0 Å². The SMILES string of the molecule is C[C@H]1CCC2=C(CCC[C@@]2(C)C(=O)O)[C@@]1(C)CCc1ccoc1. The minimum atomic E-state index is -0.648. The molecule has 23 heavy (non-hydrogen) atoms. The number of carboxylic acids is 1. The number of hydrogen-bond acceptors (Lipinski definition) is 2. The summed E-state index contributed by atoms with van der Waals surface area (Å²) in [6, 6.07) is 2.04. The van der Waals surface area contributed by atoms with E-state index in [1.54, 1.807) is 6.26 Å². The van der Waals surface area contributed by atoms with Gasteiger partial charge in [0, 0.05) is 0 Å². The molecule has 0 radical (unpaired) electrons. The summed E-state index contributed by atoms with van der Waals surface area (Å²) < 4.78 is 5.20. The van der Waals surface area contributed by atoms with Gasteiger partial charge in [-0.1, -0.05) is 25.0 Å². The van der Waals surface area contributed by atoms with Crippen LogP contribution in [-0.4, -0.2) is 11.1 Å². The van der Waals surface area contributed by atoms with Crippen LogP contribution in [0.4, 0.5) is 0 Å². The molecular weight excluding hydrogens is 288 g/mol. The van der Waals surface area contributed by atoms with E-state index in [2.05, 4.69) is 13.8 Å². The minimum Gasteiger partial charge on any atom is -0.481 e. The summed E-state index contributed by atoms with van der Waals surface area (Å²) in [6.45, 7) is 6.64. The minimum absolute atomic E-state index is 0.113. The van der Waals surface area contributed by atoms with Crippen molar-refractivity contribution in [3.8, 4) is 0 Å². The van der Waals surface area contributed by atoms with Gasteiger partial charge in [-0.15, -0.1) is 0 Å². The van der Waals surface area contributed by atoms with Crippen LogP contribution in [0.15, 0.2) is 34.2 Å². The number of carboxylic acid groups (broad SMARTS) is 1. The van der Waals surface area contributed by atoms with Gasteiger partial charge in [0.1, 0.15) is 0 Å². The predicted octanol–water partition coefficient (Wildman–Crippen LogP) is 5.22. The number of rotatable bonds is 4. The molecule has 3 rings (SSSR count). The van der Waals surface area contributed by atoms with Crippen molar-refractivity contribution >= 4 is 5.97 Å². The Morgan fingerprint density at radius 3 is 2.78 bits per heavy atom. The van der Waals surface area contributed by atoms with Crippen LogP contribution in [0.5, 0.6) is 0 Å².